The molecule has 1 aromatic carbocycles. The van der Waals surface area contributed by atoms with Crippen molar-refractivity contribution in [2.45, 2.75) is 52.5 Å². The van der Waals surface area contributed by atoms with E-state index in [-0.39, 0.29) is 17.9 Å². The van der Waals surface area contributed by atoms with Gasteiger partial charge in [-0.25, -0.2) is 0 Å². The molecule has 0 bridgehead atoms. The highest BCUT2D eigenvalue weighted by molar-refractivity contribution is 6.13. The van der Waals surface area contributed by atoms with Gasteiger partial charge in [0.05, 0.1) is 6.04 Å². The van der Waals surface area contributed by atoms with Gasteiger partial charge < -0.3 is 0 Å². The molecule has 0 aromatic heterocycles. The number of hydrogen-bond acceptors (Lipinski definition) is 2. The van der Waals surface area contributed by atoms with Crippen molar-refractivity contribution in [2.24, 2.45) is 17.8 Å². The van der Waals surface area contributed by atoms with E-state index in [0.717, 1.165) is 12.8 Å². The Morgan fingerprint density at radius 3 is 1.96 bits per heavy atom. The molecule has 3 atom stereocenters. The molecule has 1 aliphatic carbocycles. The van der Waals surface area contributed by atoms with Crippen molar-refractivity contribution in [2.75, 3.05) is 0 Å². The highest BCUT2D eigenvalue weighted by Gasteiger charge is 2.47. The molecule has 1 heterocycles. The predicted molar refractivity (Wildman–Crippen MR) is 95.3 cm³/mol. The first-order chi connectivity index (χ1) is 11.4. The van der Waals surface area contributed by atoms with Crippen molar-refractivity contribution in [3.05, 3.63) is 47.5 Å². The van der Waals surface area contributed by atoms with Gasteiger partial charge in [0.25, 0.3) is 11.8 Å². The van der Waals surface area contributed by atoms with E-state index in [0.29, 0.717) is 23.7 Å². The molecule has 24 heavy (non-hydrogen) atoms. The van der Waals surface area contributed by atoms with Crippen molar-refractivity contribution in [3.8, 4) is 0 Å². The third kappa shape index (κ3) is 2.92. The fourth-order valence-corrected chi connectivity index (χ4v) is 4.46. The highest BCUT2D eigenvalue weighted by Crippen LogP contribution is 2.53. The molecule has 0 unspecified atom stereocenters. The summed E-state index contributed by atoms with van der Waals surface area (Å²) in [6.07, 6.45) is 4.93. The van der Waals surface area contributed by atoms with Crippen LogP contribution in [-0.4, -0.2) is 16.7 Å². The SMILES string of the molecule is CC(C)C[C@H]1[C@H](CC(C)C)c2ccccc2[C@H]1N1C(=O)C=CC1=O. The molecule has 3 rings (SSSR count). The fourth-order valence-electron chi connectivity index (χ4n) is 4.46. The Kier molecular flexibility index (Phi) is 4.62. The van der Waals surface area contributed by atoms with Crippen LogP contribution in [0.2, 0.25) is 0 Å². The lowest BCUT2D eigenvalue weighted by atomic mass is 9.79. The maximum atomic E-state index is 12.4. The molecular formula is C21H27NO2. The second-order valence-electron chi connectivity index (χ2n) is 7.98. The van der Waals surface area contributed by atoms with Gasteiger partial charge in [0.1, 0.15) is 0 Å². The number of fused-ring (bicyclic) bond motifs is 1. The minimum Gasteiger partial charge on any atom is -0.269 e. The molecule has 1 aliphatic heterocycles. The van der Waals surface area contributed by atoms with Crippen molar-refractivity contribution in [1.29, 1.82) is 0 Å². The van der Waals surface area contributed by atoms with Gasteiger partial charge in [0.15, 0.2) is 0 Å². The predicted octanol–water partition coefficient (Wildman–Crippen LogP) is 4.46. The summed E-state index contributed by atoms with van der Waals surface area (Å²) in [7, 11) is 0. The fraction of sp³-hybridized carbons (Fsp3) is 0.524. The quantitative estimate of drug-likeness (QED) is 0.750. The zero-order valence-corrected chi connectivity index (χ0v) is 15.0. The normalized spacial score (nSPS) is 26.1. The summed E-state index contributed by atoms with van der Waals surface area (Å²) < 4.78 is 0. The van der Waals surface area contributed by atoms with Crippen LogP contribution in [0.15, 0.2) is 36.4 Å². The lowest BCUT2D eigenvalue weighted by molar-refractivity contribution is -0.141. The second-order valence-corrected chi connectivity index (χ2v) is 7.98. The number of hydrogen-bond donors (Lipinski definition) is 0. The van der Waals surface area contributed by atoms with Gasteiger partial charge in [-0.15, -0.1) is 0 Å². The molecule has 1 aromatic rings. The van der Waals surface area contributed by atoms with E-state index in [2.05, 4.69) is 45.9 Å². The van der Waals surface area contributed by atoms with Gasteiger partial charge in [-0.05, 0) is 47.6 Å². The van der Waals surface area contributed by atoms with E-state index < -0.39 is 0 Å². The van der Waals surface area contributed by atoms with Crippen LogP contribution in [0, 0.1) is 17.8 Å². The summed E-state index contributed by atoms with van der Waals surface area (Å²) in [5.41, 5.74) is 2.49. The van der Waals surface area contributed by atoms with Crippen molar-refractivity contribution < 1.29 is 9.59 Å². The summed E-state index contributed by atoms with van der Waals surface area (Å²) in [4.78, 5) is 26.2. The van der Waals surface area contributed by atoms with Crippen molar-refractivity contribution in [1.82, 2.24) is 4.90 Å². The van der Waals surface area contributed by atoms with E-state index >= 15 is 0 Å². The van der Waals surface area contributed by atoms with Crippen molar-refractivity contribution in [3.63, 3.8) is 0 Å². The lowest BCUT2D eigenvalue weighted by Crippen LogP contribution is -2.37. The van der Waals surface area contributed by atoms with Crippen LogP contribution < -0.4 is 0 Å². The summed E-state index contributed by atoms with van der Waals surface area (Å²) in [5, 5.41) is 0. The molecule has 0 N–H and O–H groups in total. The molecule has 0 saturated heterocycles. The smallest absolute Gasteiger partial charge is 0.254 e. The number of benzene rings is 1. The first kappa shape index (κ1) is 16.9. The zero-order valence-electron chi connectivity index (χ0n) is 15.0. The van der Waals surface area contributed by atoms with Gasteiger partial charge in [-0.1, -0.05) is 52.0 Å². The van der Waals surface area contributed by atoms with Crippen LogP contribution >= 0.6 is 0 Å². The van der Waals surface area contributed by atoms with Gasteiger partial charge >= 0.3 is 0 Å². The summed E-state index contributed by atoms with van der Waals surface area (Å²) in [5.74, 6) is 1.49. The molecule has 3 nitrogen and oxygen atoms in total. The second kappa shape index (κ2) is 6.54. The Bertz CT molecular complexity index is 656. The molecule has 128 valence electrons. The Labute approximate surface area is 144 Å². The van der Waals surface area contributed by atoms with Gasteiger partial charge in [-0.2, -0.15) is 0 Å². The molecule has 2 aliphatic rings. The summed E-state index contributed by atoms with van der Waals surface area (Å²) in [6, 6.07) is 8.27. The lowest BCUT2D eigenvalue weighted by Gasteiger charge is -2.33. The van der Waals surface area contributed by atoms with Crippen LogP contribution in [-0.2, 0) is 9.59 Å². The summed E-state index contributed by atoms with van der Waals surface area (Å²) >= 11 is 0. The number of carbonyl (C=O) groups is 2. The Hall–Kier alpha value is -1.90. The first-order valence-corrected chi connectivity index (χ1v) is 9.04. The van der Waals surface area contributed by atoms with Crippen LogP contribution in [0.5, 0.6) is 0 Å². The van der Waals surface area contributed by atoms with E-state index in [1.54, 1.807) is 0 Å². The zero-order chi connectivity index (χ0) is 17.4. The van der Waals surface area contributed by atoms with E-state index in [1.807, 2.05) is 6.07 Å². The molecule has 3 heteroatoms. The van der Waals surface area contributed by atoms with Gasteiger partial charge in [0, 0.05) is 12.2 Å². The number of rotatable bonds is 5. The Balaban J connectivity index is 2.07. The largest absolute Gasteiger partial charge is 0.269 e. The minimum atomic E-state index is -0.168. The van der Waals surface area contributed by atoms with Crippen molar-refractivity contribution >= 4 is 11.8 Å². The monoisotopic (exact) mass is 325 g/mol. The van der Waals surface area contributed by atoms with Gasteiger partial charge in [-0.3, -0.25) is 14.5 Å². The Morgan fingerprint density at radius 1 is 0.875 bits per heavy atom. The average molecular weight is 325 g/mol. The molecular weight excluding hydrogens is 298 g/mol. The third-order valence-corrected chi connectivity index (χ3v) is 5.23. The number of imide groups is 1. The first-order valence-electron chi connectivity index (χ1n) is 9.04. The number of carbonyl (C=O) groups excluding carboxylic acids is 2. The standard InChI is InChI=1S/C21H27NO2/c1-13(2)11-17-15-7-5-6-8-16(15)21(18(17)12-14(3)4)22-19(23)9-10-20(22)24/h5-10,13-14,17-18,21H,11-12H2,1-4H3/t17-,18+,21-/m1/s1. The molecule has 0 saturated carbocycles. The molecule has 0 spiro atoms. The summed E-state index contributed by atoms with van der Waals surface area (Å²) in [6.45, 7) is 8.93. The van der Waals surface area contributed by atoms with Crippen LogP contribution in [0.1, 0.15) is 63.6 Å². The average Bonchev–Trinajstić information content (AvgIpc) is 2.97. The Morgan fingerprint density at radius 2 is 1.42 bits per heavy atom. The molecule has 2 amide bonds. The van der Waals surface area contributed by atoms with Gasteiger partial charge in [0.2, 0.25) is 0 Å². The number of nitrogens with zero attached hydrogens (tertiary/aromatic N) is 1. The molecule has 0 fully saturated rings. The molecule has 0 radical (unpaired) electrons. The maximum absolute atomic E-state index is 12.4. The maximum Gasteiger partial charge on any atom is 0.254 e. The van der Waals surface area contributed by atoms with Crippen LogP contribution in [0.25, 0.3) is 0 Å². The van der Waals surface area contributed by atoms with E-state index in [1.165, 1.54) is 28.2 Å². The van der Waals surface area contributed by atoms with E-state index in [9.17, 15) is 9.59 Å². The number of amides is 2. The third-order valence-electron chi connectivity index (χ3n) is 5.23. The minimum absolute atomic E-state index is 0.123. The van der Waals surface area contributed by atoms with E-state index in [4.69, 9.17) is 0 Å². The van der Waals surface area contributed by atoms with Crippen LogP contribution in [0.4, 0.5) is 0 Å². The highest BCUT2D eigenvalue weighted by atomic mass is 16.2. The van der Waals surface area contributed by atoms with Crippen LogP contribution in [0.3, 0.4) is 0 Å². The topological polar surface area (TPSA) is 37.4 Å².